The van der Waals surface area contributed by atoms with Gasteiger partial charge in [-0.3, -0.25) is 0 Å². The van der Waals surface area contributed by atoms with Crippen LogP contribution in [-0.2, 0) is 0 Å². The predicted octanol–water partition coefficient (Wildman–Crippen LogP) is 5.91. The van der Waals surface area contributed by atoms with E-state index in [9.17, 15) is 0 Å². The van der Waals surface area contributed by atoms with Gasteiger partial charge in [-0.15, -0.1) is 0 Å². The third-order valence-corrected chi connectivity index (χ3v) is 5.82. The second-order valence-corrected chi connectivity index (χ2v) is 7.96. The summed E-state index contributed by atoms with van der Waals surface area (Å²) in [5, 5.41) is 5.78. The number of benzene rings is 2. The van der Waals surface area contributed by atoms with Crippen LogP contribution in [0.15, 0.2) is 71.6 Å². The maximum Gasteiger partial charge on any atom is 0.159 e. The number of nitrogen functional groups attached to an aromatic ring is 1. The molecule has 3 aromatic heterocycles. The summed E-state index contributed by atoms with van der Waals surface area (Å²) in [7, 11) is 0. The molecule has 0 amide bonds. The average molecular weight is 430 g/mol. The van der Waals surface area contributed by atoms with Gasteiger partial charge < -0.3 is 14.8 Å². The Kier molecular flexibility index (Phi) is 4.71. The van der Waals surface area contributed by atoms with Gasteiger partial charge in [0.15, 0.2) is 5.76 Å². The first-order chi connectivity index (χ1) is 15.0. The number of hydrogen-bond donors (Lipinski definition) is 1. The number of aryl methyl sites for hydroxylation is 1. The third kappa shape index (κ3) is 3.35. The van der Waals surface area contributed by atoms with Crippen LogP contribution in [0.5, 0.6) is 0 Å². The van der Waals surface area contributed by atoms with Gasteiger partial charge >= 0.3 is 0 Å². The molecule has 0 aliphatic carbocycles. The molecule has 154 valence electrons. The third-order valence-electron chi connectivity index (χ3n) is 5.57. The van der Waals surface area contributed by atoms with Gasteiger partial charge in [0.2, 0.25) is 0 Å². The molecule has 0 aliphatic heterocycles. The number of nitrogens with zero attached hydrogens (tertiary/aromatic N) is 4. The molecule has 5 rings (SSSR count). The Bertz CT molecular complexity index is 1390. The molecule has 0 saturated heterocycles. The predicted molar refractivity (Wildman–Crippen MR) is 123 cm³/mol. The topological polar surface area (TPSA) is 82.8 Å². The molecule has 1 unspecified atom stereocenters. The standard InChI is InChI=1S/C24H20ClN5O/c1-14-5-3-4-6-18(14)20-11-21(31-29-20)15(2)30-12-19(16-7-9-17(25)10-8-16)22-23(26)27-13-28-24(22)30/h3-13,15H,1-2H3,(H2,26,27,28). The highest BCUT2D eigenvalue weighted by Gasteiger charge is 2.22. The van der Waals surface area contributed by atoms with Crippen molar-refractivity contribution in [1.29, 1.82) is 0 Å². The average Bonchev–Trinajstić information content (AvgIpc) is 3.40. The van der Waals surface area contributed by atoms with Gasteiger partial charge in [-0.25, -0.2) is 9.97 Å². The molecule has 1 atom stereocenters. The largest absolute Gasteiger partial charge is 0.383 e. The number of hydrogen-bond acceptors (Lipinski definition) is 5. The van der Waals surface area contributed by atoms with Crippen LogP contribution in [0.4, 0.5) is 5.82 Å². The van der Waals surface area contributed by atoms with Gasteiger partial charge in [-0.2, -0.15) is 0 Å². The van der Waals surface area contributed by atoms with E-state index in [2.05, 4.69) is 28.1 Å². The fourth-order valence-corrected chi connectivity index (χ4v) is 3.99. The van der Waals surface area contributed by atoms with Crippen LogP contribution >= 0.6 is 11.6 Å². The smallest absolute Gasteiger partial charge is 0.159 e. The van der Waals surface area contributed by atoms with Gasteiger partial charge in [0.05, 0.1) is 11.4 Å². The highest BCUT2D eigenvalue weighted by Crippen LogP contribution is 2.36. The van der Waals surface area contributed by atoms with Crippen LogP contribution in [-0.4, -0.2) is 19.7 Å². The van der Waals surface area contributed by atoms with E-state index in [-0.39, 0.29) is 6.04 Å². The normalized spacial score (nSPS) is 12.4. The Morgan fingerprint density at radius 2 is 1.81 bits per heavy atom. The lowest BCUT2D eigenvalue weighted by Gasteiger charge is -2.11. The molecule has 0 radical (unpaired) electrons. The van der Waals surface area contributed by atoms with Crippen molar-refractivity contribution < 1.29 is 4.52 Å². The van der Waals surface area contributed by atoms with E-state index in [1.807, 2.05) is 66.2 Å². The number of anilines is 1. The summed E-state index contributed by atoms with van der Waals surface area (Å²) in [6.45, 7) is 4.11. The summed E-state index contributed by atoms with van der Waals surface area (Å²) in [4.78, 5) is 8.72. The van der Waals surface area contributed by atoms with Gasteiger partial charge in [0.25, 0.3) is 0 Å². The summed E-state index contributed by atoms with van der Waals surface area (Å²) in [5.74, 6) is 1.16. The minimum absolute atomic E-state index is 0.150. The monoisotopic (exact) mass is 429 g/mol. The van der Waals surface area contributed by atoms with Crippen molar-refractivity contribution >= 4 is 28.5 Å². The minimum atomic E-state index is -0.150. The lowest BCUT2D eigenvalue weighted by molar-refractivity contribution is 0.356. The molecule has 5 aromatic rings. The van der Waals surface area contributed by atoms with Gasteiger partial charge in [-0.05, 0) is 37.1 Å². The van der Waals surface area contributed by atoms with Crippen LogP contribution < -0.4 is 5.73 Å². The van der Waals surface area contributed by atoms with Crippen molar-refractivity contribution in [2.24, 2.45) is 0 Å². The number of halogens is 1. The lowest BCUT2D eigenvalue weighted by Crippen LogP contribution is -2.05. The molecule has 3 heterocycles. The van der Waals surface area contributed by atoms with Crippen LogP contribution in [0.2, 0.25) is 5.02 Å². The van der Waals surface area contributed by atoms with E-state index in [4.69, 9.17) is 21.9 Å². The van der Waals surface area contributed by atoms with E-state index in [0.29, 0.717) is 10.8 Å². The van der Waals surface area contributed by atoms with Gasteiger partial charge in [-0.1, -0.05) is 53.2 Å². The summed E-state index contributed by atoms with van der Waals surface area (Å²) < 4.78 is 7.78. The quantitative estimate of drug-likeness (QED) is 0.384. The molecule has 0 saturated carbocycles. The fraction of sp³-hybridized carbons (Fsp3) is 0.125. The highest BCUT2D eigenvalue weighted by molar-refractivity contribution is 6.30. The van der Waals surface area contributed by atoms with E-state index in [1.165, 1.54) is 6.33 Å². The zero-order valence-electron chi connectivity index (χ0n) is 17.1. The lowest BCUT2D eigenvalue weighted by atomic mass is 10.1. The van der Waals surface area contributed by atoms with Crippen molar-refractivity contribution in [3.63, 3.8) is 0 Å². The fourth-order valence-electron chi connectivity index (χ4n) is 3.86. The summed E-state index contributed by atoms with van der Waals surface area (Å²) in [6, 6.07) is 17.6. The molecule has 2 aromatic carbocycles. The Labute approximate surface area is 184 Å². The molecular formula is C24H20ClN5O. The Balaban J connectivity index is 1.62. The van der Waals surface area contributed by atoms with E-state index in [1.54, 1.807) is 0 Å². The van der Waals surface area contributed by atoms with Crippen LogP contribution in [0.3, 0.4) is 0 Å². The van der Waals surface area contributed by atoms with Crippen molar-refractivity contribution in [2.45, 2.75) is 19.9 Å². The van der Waals surface area contributed by atoms with E-state index in [0.717, 1.165) is 44.7 Å². The molecule has 0 spiro atoms. The first kappa shape index (κ1) is 19.3. The van der Waals surface area contributed by atoms with Crippen molar-refractivity contribution in [2.75, 3.05) is 5.73 Å². The highest BCUT2D eigenvalue weighted by atomic mass is 35.5. The molecular weight excluding hydrogens is 410 g/mol. The first-order valence-electron chi connectivity index (χ1n) is 9.92. The van der Waals surface area contributed by atoms with E-state index < -0.39 is 0 Å². The number of aromatic nitrogens is 4. The van der Waals surface area contributed by atoms with Crippen molar-refractivity contribution in [1.82, 2.24) is 19.7 Å². The summed E-state index contributed by atoms with van der Waals surface area (Å²) in [5.41, 5.74) is 11.9. The SMILES string of the molecule is Cc1ccccc1-c1cc(C(C)n2cc(-c3ccc(Cl)cc3)c3c(N)ncnc32)on1. The number of fused-ring (bicyclic) bond motifs is 1. The molecule has 0 bridgehead atoms. The Hall–Kier alpha value is -3.64. The minimum Gasteiger partial charge on any atom is -0.383 e. The molecule has 6 nitrogen and oxygen atoms in total. The number of nitrogens with two attached hydrogens (primary N) is 1. The molecule has 2 N–H and O–H groups in total. The number of rotatable bonds is 4. The van der Waals surface area contributed by atoms with Crippen molar-refractivity contribution in [3.05, 3.63) is 83.5 Å². The van der Waals surface area contributed by atoms with Gasteiger partial charge in [0, 0.05) is 28.4 Å². The maximum absolute atomic E-state index is 6.25. The van der Waals surface area contributed by atoms with Crippen LogP contribution in [0.1, 0.15) is 24.3 Å². The zero-order chi connectivity index (χ0) is 21.5. The second-order valence-electron chi connectivity index (χ2n) is 7.52. The Morgan fingerprint density at radius 3 is 2.58 bits per heavy atom. The summed E-state index contributed by atoms with van der Waals surface area (Å²) >= 11 is 6.07. The zero-order valence-corrected chi connectivity index (χ0v) is 17.8. The Morgan fingerprint density at radius 1 is 1.03 bits per heavy atom. The molecule has 7 heteroatoms. The molecule has 0 fully saturated rings. The summed E-state index contributed by atoms with van der Waals surface area (Å²) in [6.07, 6.45) is 3.51. The van der Waals surface area contributed by atoms with Crippen molar-refractivity contribution in [3.8, 4) is 22.4 Å². The first-order valence-corrected chi connectivity index (χ1v) is 10.3. The molecule has 31 heavy (non-hydrogen) atoms. The second kappa shape index (κ2) is 7.56. The molecule has 0 aliphatic rings. The maximum atomic E-state index is 6.25. The van der Waals surface area contributed by atoms with Gasteiger partial charge in [0.1, 0.15) is 23.5 Å². The van der Waals surface area contributed by atoms with Crippen LogP contribution in [0.25, 0.3) is 33.4 Å². The van der Waals surface area contributed by atoms with E-state index >= 15 is 0 Å². The van der Waals surface area contributed by atoms with Crippen LogP contribution in [0, 0.1) is 6.92 Å².